The van der Waals surface area contributed by atoms with Gasteiger partial charge >= 0.3 is 0 Å². The van der Waals surface area contributed by atoms with Crippen LogP contribution in [-0.4, -0.2) is 5.75 Å². The summed E-state index contributed by atoms with van der Waals surface area (Å²) in [7, 11) is 13.0. The summed E-state index contributed by atoms with van der Waals surface area (Å²) >= 11 is 0. The molecule has 0 aromatic carbocycles. The molecule has 17 heavy (non-hydrogen) atoms. The van der Waals surface area contributed by atoms with Crippen LogP contribution >= 0.6 is 70.7 Å². The molecule has 0 atom stereocenters. The van der Waals surface area contributed by atoms with Gasteiger partial charge in [0, 0.05) is 5.75 Å². The predicted molar refractivity (Wildman–Crippen MR) is 99.3 cm³/mol. The van der Waals surface area contributed by atoms with E-state index in [0.29, 0.717) is 0 Å². The van der Waals surface area contributed by atoms with Crippen molar-refractivity contribution in [3.8, 4) is 0 Å². The summed E-state index contributed by atoms with van der Waals surface area (Å²) < 4.78 is 0. The van der Waals surface area contributed by atoms with Crippen molar-refractivity contribution in [1.29, 1.82) is 0 Å². The molecule has 1 aliphatic rings. The van der Waals surface area contributed by atoms with Gasteiger partial charge in [-0.25, -0.2) is 0 Å². The molecule has 0 bridgehead atoms. The molecular weight excluding hydrogens is 345 g/mol. The smallest absolute Gasteiger partial charge is 0.00455 e. The second-order valence-corrected chi connectivity index (χ2v) is 14.1. The summed E-state index contributed by atoms with van der Waals surface area (Å²) in [4.78, 5) is 0. The van der Waals surface area contributed by atoms with Crippen LogP contribution in [0, 0.1) is 0 Å². The molecule has 0 unspecified atom stereocenters. The number of hydrogen-bond acceptors (Lipinski definition) is 7. The van der Waals surface area contributed by atoms with E-state index in [1.54, 1.807) is 10.8 Å². The first-order valence-electron chi connectivity index (χ1n) is 5.10. The molecule has 1 aliphatic heterocycles. The Morgan fingerprint density at radius 1 is 0.706 bits per heavy atom. The summed E-state index contributed by atoms with van der Waals surface area (Å²) in [5.74, 6) is 1.26. The van der Waals surface area contributed by atoms with Gasteiger partial charge in [0.05, 0.1) is 0 Å². The molecule has 0 nitrogen and oxygen atoms in total. The van der Waals surface area contributed by atoms with Crippen molar-refractivity contribution in [3.63, 3.8) is 0 Å². The number of allylic oxidation sites excluding steroid dienone is 5. The van der Waals surface area contributed by atoms with Crippen LogP contribution in [0.25, 0.3) is 0 Å². The Labute approximate surface area is 130 Å². The van der Waals surface area contributed by atoms with Crippen LogP contribution in [-0.2, 0) is 0 Å². The highest BCUT2D eigenvalue weighted by molar-refractivity contribution is 9.46. The van der Waals surface area contributed by atoms with Gasteiger partial charge in [0.15, 0.2) is 0 Å². The van der Waals surface area contributed by atoms with E-state index >= 15 is 0 Å². The van der Waals surface area contributed by atoms with Crippen LogP contribution in [0.2, 0.25) is 0 Å². The minimum absolute atomic E-state index is 1.20. The second-order valence-electron chi connectivity index (χ2n) is 2.90. The first-order valence-corrected chi connectivity index (χ1v) is 14.1. The summed E-state index contributed by atoms with van der Waals surface area (Å²) in [6, 6.07) is 0. The summed E-state index contributed by atoms with van der Waals surface area (Å²) in [6.45, 7) is 0. The lowest BCUT2D eigenvalue weighted by atomic mass is 10.2. The van der Waals surface area contributed by atoms with E-state index in [4.69, 9.17) is 0 Å². The third kappa shape index (κ3) is 12.4. The maximum Gasteiger partial charge on any atom is 0.00455 e. The van der Waals surface area contributed by atoms with E-state index in [-0.39, 0.29) is 0 Å². The van der Waals surface area contributed by atoms with E-state index in [1.807, 2.05) is 59.9 Å². The topological polar surface area (TPSA) is 0 Å². The molecule has 0 aliphatic carbocycles. The zero-order chi connectivity index (χ0) is 12.0. The molecule has 0 amide bonds. The molecule has 0 aromatic heterocycles. The monoisotopic (exact) mass is 358 g/mol. The van der Waals surface area contributed by atoms with Crippen molar-refractivity contribution < 1.29 is 0 Å². The average Bonchev–Trinajstić information content (AvgIpc) is 2.35. The Balaban J connectivity index is 2.22. The van der Waals surface area contributed by atoms with Gasteiger partial charge in [0.2, 0.25) is 0 Å². The van der Waals surface area contributed by atoms with Crippen LogP contribution in [0.4, 0.5) is 0 Å². The summed E-state index contributed by atoms with van der Waals surface area (Å²) in [5.41, 5.74) is 0. The van der Waals surface area contributed by atoms with Gasteiger partial charge in [-0.2, -0.15) is 0 Å². The molecule has 0 saturated carbocycles. The van der Waals surface area contributed by atoms with Crippen molar-refractivity contribution in [2.45, 2.75) is 19.3 Å². The van der Waals surface area contributed by atoms with Crippen molar-refractivity contribution in [2.75, 3.05) is 5.75 Å². The average molecular weight is 359 g/mol. The third-order valence-electron chi connectivity index (χ3n) is 1.65. The predicted octanol–water partition coefficient (Wildman–Crippen LogP) is 7.42. The van der Waals surface area contributed by atoms with Crippen LogP contribution in [0.1, 0.15) is 19.3 Å². The zero-order valence-electron chi connectivity index (χ0n) is 9.15. The minimum atomic E-state index is 1.20. The third-order valence-corrected chi connectivity index (χ3v) is 14.4. The largest absolute Gasteiger partial charge is 0.0845 e. The van der Waals surface area contributed by atoms with Gasteiger partial charge in [0.25, 0.3) is 0 Å². The Bertz CT molecular complexity index is 225. The fourth-order valence-corrected chi connectivity index (χ4v) is 14.5. The van der Waals surface area contributed by atoms with Crippen LogP contribution in [0.15, 0.2) is 35.8 Å². The molecule has 0 aromatic rings. The fraction of sp³-hybridized carbons (Fsp3) is 0.400. The van der Waals surface area contributed by atoms with Gasteiger partial charge < -0.3 is 0 Å². The highest BCUT2D eigenvalue weighted by Gasteiger charge is 1.95. The lowest BCUT2D eigenvalue weighted by Crippen LogP contribution is -1.75. The molecule has 1 rings (SSSR count). The molecule has 0 radical (unpaired) electrons. The van der Waals surface area contributed by atoms with Crippen molar-refractivity contribution in [3.05, 3.63) is 35.8 Å². The Kier molecular flexibility index (Phi) is 13.9. The molecular formula is C10H14S7. The van der Waals surface area contributed by atoms with Crippen LogP contribution in [0.3, 0.4) is 0 Å². The van der Waals surface area contributed by atoms with E-state index in [1.165, 1.54) is 25.0 Å². The molecule has 1 heterocycles. The van der Waals surface area contributed by atoms with E-state index in [0.717, 1.165) is 0 Å². The maximum absolute atomic E-state index is 2.25. The van der Waals surface area contributed by atoms with Gasteiger partial charge in [-0.15, -0.1) is 0 Å². The van der Waals surface area contributed by atoms with Gasteiger partial charge in [-0.3, -0.25) is 0 Å². The second kappa shape index (κ2) is 14.1. The highest BCUT2D eigenvalue weighted by atomic mass is 33.9. The van der Waals surface area contributed by atoms with E-state index < -0.39 is 0 Å². The lowest BCUT2D eigenvalue weighted by Gasteiger charge is -1.98. The number of hydrogen-bond donors (Lipinski definition) is 0. The van der Waals surface area contributed by atoms with E-state index in [2.05, 4.69) is 35.8 Å². The first kappa shape index (κ1) is 16.7. The van der Waals surface area contributed by atoms with Gasteiger partial charge in [0.1, 0.15) is 0 Å². The van der Waals surface area contributed by atoms with Crippen molar-refractivity contribution in [1.82, 2.24) is 0 Å². The van der Waals surface area contributed by atoms with Crippen molar-refractivity contribution in [2.24, 2.45) is 0 Å². The molecule has 0 fully saturated rings. The Morgan fingerprint density at radius 2 is 1.53 bits per heavy atom. The fourth-order valence-electron chi connectivity index (χ4n) is 0.930. The normalized spacial score (nSPS) is 23.1. The summed E-state index contributed by atoms with van der Waals surface area (Å²) in [6.07, 6.45) is 14.5. The standard InChI is InChI=1S/C10H14S7/c1-2-4-6-8-10-12-14-16-17-15-13-11-9-7-5-3-1/h1-3,5,7,9H,4,6,8,10H2/b2-1+,5-3?,9-7?. The summed E-state index contributed by atoms with van der Waals surface area (Å²) in [5, 5.41) is 2.12. The zero-order valence-corrected chi connectivity index (χ0v) is 14.9. The minimum Gasteiger partial charge on any atom is -0.0845 e. The maximum atomic E-state index is 2.25. The first-order chi connectivity index (χ1) is 8.50. The molecule has 96 valence electrons. The molecule has 0 N–H and O–H groups in total. The molecule has 0 spiro atoms. The number of rotatable bonds is 0. The SMILES string of the molecule is C1=C/C=C/CCCCSSSSSSSC=C1. The quantitative estimate of drug-likeness (QED) is 0.408. The van der Waals surface area contributed by atoms with Crippen LogP contribution < -0.4 is 0 Å². The lowest BCUT2D eigenvalue weighted by molar-refractivity contribution is 0.824. The molecule has 0 saturated heterocycles. The highest BCUT2D eigenvalue weighted by Crippen LogP contribution is 2.55. The Hall–Kier alpha value is 1.67. The Morgan fingerprint density at radius 3 is 2.53 bits per heavy atom. The van der Waals surface area contributed by atoms with Gasteiger partial charge in [-0.1, -0.05) is 52.0 Å². The van der Waals surface area contributed by atoms with Crippen LogP contribution in [0.5, 0.6) is 0 Å². The van der Waals surface area contributed by atoms with E-state index in [9.17, 15) is 0 Å². The van der Waals surface area contributed by atoms with Gasteiger partial charge in [-0.05, 0) is 73.8 Å². The van der Waals surface area contributed by atoms with Crippen molar-refractivity contribution >= 4 is 70.7 Å². The molecule has 7 heteroatoms.